The number of aromatic nitrogens is 2. The molecule has 0 aliphatic rings. The molecule has 0 atom stereocenters. The summed E-state index contributed by atoms with van der Waals surface area (Å²) in [5.41, 5.74) is 1.79. The number of benzene rings is 2. The lowest BCUT2D eigenvalue weighted by atomic mass is 10.2. The van der Waals surface area contributed by atoms with Crippen LogP contribution < -0.4 is 10.1 Å². The van der Waals surface area contributed by atoms with Crippen LogP contribution in [-0.4, -0.2) is 22.7 Å². The zero-order chi connectivity index (χ0) is 16.8. The summed E-state index contributed by atoms with van der Waals surface area (Å²) in [7, 11) is 0. The summed E-state index contributed by atoms with van der Waals surface area (Å²) in [6.45, 7) is 2.56. The number of hydrogen-bond donors (Lipinski definition) is 1. The molecule has 3 aromatic rings. The lowest BCUT2D eigenvalue weighted by molar-refractivity contribution is 0.102. The second-order valence-corrected chi connectivity index (χ2v) is 6.29. The third-order valence-corrected chi connectivity index (χ3v) is 4.23. The van der Waals surface area contributed by atoms with E-state index in [0.29, 0.717) is 23.7 Å². The van der Waals surface area contributed by atoms with Gasteiger partial charge in [0.1, 0.15) is 10.8 Å². The minimum Gasteiger partial charge on any atom is -0.493 e. The highest BCUT2D eigenvalue weighted by atomic mass is 32.1. The van der Waals surface area contributed by atoms with E-state index in [2.05, 4.69) is 15.5 Å². The predicted octanol–water partition coefficient (Wildman–Crippen LogP) is 3.72. The zero-order valence-corrected chi connectivity index (χ0v) is 14.0. The molecule has 5 nitrogen and oxygen atoms in total. The lowest BCUT2D eigenvalue weighted by Gasteiger charge is -2.04. The molecule has 0 fully saturated rings. The number of rotatable bonds is 6. The van der Waals surface area contributed by atoms with E-state index in [4.69, 9.17) is 4.74 Å². The average molecular weight is 339 g/mol. The first-order chi connectivity index (χ1) is 11.7. The summed E-state index contributed by atoms with van der Waals surface area (Å²) in [6, 6.07) is 16.9. The topological polar surface area (TPSA) is 64.1 Å². The summed E-state index contributed by atoms with van der Waals surface area (Å²) in [6.07, 6.45) is 0.646. The van der Waals surface area contributed by atoms with Crippen molar-refractivity contribution in [3.05, 3.63) is 70.7 Å². The van der Waals surface area contributed by atoms with E-state index < -0.39 is 0 Å². The molecule has 3 rings (SSSR count). The van der Waals surface area contributed by atoms with Crippen LogP contribution in [0.3, 0.4) is 0 Å². The molecule has 2 aromatic carbocycles. The normalized spacial score (nSPS) is 10.4. The lowest BCUT2D eigenvalue weighted by Crippen LogP contribution is -2.11. The number of amides is 1. The molecule has 0 saturated carbocycles. The van der Waals surface area contributed by atoms with E-state index in [1.807, 2.05) is 49.4 Å². The molecule has 0 radical (unpaired) electrons. The molecule has 6 heteroatoms. The van der Waals surface area contributed by atoms with Crippen molar-refractivity contribution >= 4 is 22.4 Å². The van der Waals surface area contributed by atoms with E-state index in [-0.39, 0.29) is 5.91 Å². The van der Waals surface area contributed by atoms with Crippen LogP contribution in [-0.2, 0) is 6.42 Å². The highest BCUT2D eigenvalue weighted by molar-refractivity contribution is 7.15. The Kier molecular flexibility index (Phi) is 5.18. The second kappa shape index (κ2) is 7.70. The summed E-state index contributed by atoms with van der Waals surface area (Å²) in [5, 5.41) is 12.2. The minimum absolute atomic E-state index is 0.186. The number of aryl methyl sites for hydroxylation is 1. The molecule has 1 heterocycles. The Hall–Kier alpha value is -2.73. The maximum Gasteiger partial charge on any atom is 0.257 e. The third-order valence-electron chi connectivity index (χ3n) is 3.33. The first-order valence-electron chi connectivity index (χ1n) is 7.59. The summed E-state index contributed by atoms with van der Waals surface area (Å²) in [5.74, 6) is 0.650. The maximum atomic E-state index is 12.1. The van der Waals surface area contributed by atoms with Crippen molar-refractivity contribution in [1.29, 1.82) is 0 Å². The maximum absolute atomic E-state index is 12.1. The van der Waals surface area contributed by atoms with Gasteiger partial charge in [-0.3, -0.25) is 10.1 Å². The highest BCUT2D eigenvalue weighted by Crippen LogP contribution is 2.18. The molecule has 0 saturated heterocycles. The van der Waals surface area contributed by atoms with Crippen LogP contribution >= 0.6 is 11.3 Å². The Balaban J connectivity index is 1.50. The van der Waals surface area contributed by atoms with Crippen molar-refractivity contribution in [3.63, 3.8) is 0 Å². The van der Waals surface area contributed by atoms with Crippen LogP contribution in [0.5, 0.6) is 5.75 Å². The van der Waals surface area contributed by atoms with Gasteiger partial charge in [0, 0.05) is 12.0 Å². The van der Waals surface area contributed by atoms with Crippen molar-refractivity contribution in [2.75, 3.05) is 11.9 Å². The summed E-state index contributed by atoms with van der Waals surface area (Å²) in [4.78, 5) is 12.1. The fourth-order valence-electron chi connectivity index (χ4n) is 2.05. The van der Waals surface area contributed by atoms with E-state index >= 15 is 0 Å². The molecule has 0 spiro atoms. The molecular weight excluding hydrogens is 322 g/mol. The number of nitrogens with zero attached hydrogens (tertiary/aromatic N) is 2. The van der Waals surface area contributed by atoms with Gasteiger partial charge in [-0.05, 0) is 31.2 Å². The first kappa shape index (κ1) is 16.1. The van der Waals surface area contributed by atoms with Gasteiger partial charge in [0.15, 0.2) is 0 Å². The zero-order valence-electron chi connectivity index (χ0n) is 13.2. The van der Waals surface area contributed by atoms with Crippen LogP contribution in [0.2, 0.25) is 0 Å². The van der Waals surface area contributed by atoms with Gasteiger partial charge in [0.25, 0.3) is 5.91 Å². The predicted molar refractivity (Wildman–Crippen MR) is 94.7 cm³/mol. The van der Waals surface area contributed by atoms with Crippen molar-refractivity contribution in [2.45, 2.75) is 13.3 Å². The van der Waals surface area contributed by atoms with E-state index in [0.717, 1.165) is 10.8 Å². The van der Waals surface area contributed by atoms with Crippen LogP contribution in [0.15, 0.2) is 54.6 Å². The van der Waals surface area contributed by atoms with E-state index in [1.165, 1.54) is 16.9 Å². The molecule has 1 amide bonds. The Bertz CT molecular complexity index is 801. The fourth-order valence-corrected chi connectivity index (χ4v) is 2.77. The molecule has 1 aromatic heterocycles. The highest BCUT2D eigenvalue weighted by Gasteiger charge is 2.10. The van der Waals surface area contributed by atoms with Crippen LogP contribution in [0.1, 0.15) is 20.9 Å². The van der Waals surface area contributed by atoms with Crippen LogP contribution in [0.4, 0.5) is 5.13 Å². The van der Waals surface area contributed by atoms with E-state index in [9.17, 15) is 4.79 Å². The van der Waals surface area contributed by atoms with Gasteiger partial charge < -0.3 is 4.74 Å². The summed E-state index contributed by atoms with van der Waals surface area (Å²) < 4.78 is 5.68. The molecule has 0 aliphatic heterocycles. The number of anilines is 1. The standard InChI is InChI=1S/C18H17N3O2S/c1-13-7-9-15(10-8-13)23-12-11-16-20-21-18(24-16)19-17(22)14-5-3-2-4-6-14/h2-10H,11-12H2,1H3,(H,19,21,22). The first-order valence-corrected chi connectivity index (χ1v) is 8.40. The average Bonchev–Trinajstić information content (AvgIpc) is 3.05. The Morgan fingerprint density at radius 3 is 2.58 bits per heavy atom. The monoisotopic (exact) mass is 339 g/mol. The molecule has 122 valence electrons. The molecule has 1 N–H and O–H groups in total. The molecule has 0 bridgehead atoms. The van der Waals surface area contributed by atoms with Gasteiger partial charge >= 0.3 is 0 Å². The minimum atomic E-state index is -0.186. The Morgan fingerprint density at radius 1 is 1.08 bits per heavy atom. The summed E-state index contributed by atoms with van der Waals surface area (Å²) >= 11 is 1.36. The Morgan fingerprint density at radius 2 is 1.83 bits per heavy atom. The molecule has 0 aliphatic carbocycles. The van der Waals surface area contributed by atoms with Crippen molar-refractivity contribution < 1.29 is 9.53 Å². The number of ether oxygens (including phenoxy) is 1. The molecule has 24 heavy (non-hydrogen) atoms. The van der Waals surface area contributed by atoms with Crippen LogP contribution in [0.25, 0.3) is 0 Å². The molecule has 0 unspecified atom stereocenters. The second-order valence-electron chi connectivity index (χ2n) is 5.23. The van der Waals surface area contributed by atoms with Gasteiger partial charge in [-0.1, -0.05) is 47.2 Å². The quantitative estimate of drug-likeness (QED) is 0.743. The van der Waals surface area contributed by atoms with Crippen molar-refractivity contribution in [3.8, 4) is 5.75 Å². The number of carbonyl (C=O) groups is 1. The number of carbonyl (C=O) groups excluding carboxylic acids is 1. The van der Waals surface area contributed by atoms with Gasteiger partial charge in [0.05, 0.1) is 6.61 Å². The largest absolute Gasteiger partial charge is 0.493 e. The molecular formula is C18H17N3O2S. The Labute approximate surface area is 144 Å². The van der Waals surface area contributed by atoms with Crippen LogP contribution in [0, 0.1) is 6.92 Å². The van der Waals surface area contributed by atoms with Gasteiger partial charge in [-0.2, -0.15) is 0 Å². The van der Waals surface area contributed by atoms with Gasteiger partial charge in [0.2, 0.25) is 5.13 Å². The van der Waals surface area contributed by atoms with Crippen molar-refractivity contribution in [1.82, 2.24) is 10.2 Å². The van der Waals surface area contributed by atoms with Crippen molar-refractivity contribution in [2.24, 2.45) is 0 Å². The number of hydrogen-bond acceptors (Lipinski definition) is 5. The number of nitrogens with one attached hydrogen (secondary N) is 1. The fraction of sp³-hybridized carbons (Fsp3) is 0.167. The SMILES string of the molecule is Cc1ccc(OCCc2nnc(NC(=O)c3ccccc3)s2)cc1. The van der Waals surface area contributed by atoms with Gasteiger partial charge in [-0.15, -0.1) is 10.2 Å². The third kappa shape index (κ3) is 4.39. The smallest absolute Gasteiger partial charge is 0.257 e. The van der Waals surface area contributed by atoms with Gasteiger partial charge in [-0.25, -0.2) is 0 Å². The van der Waals surface area contributed by atoms with E-state index in [1.54, 1.807) is 12.1 Å².